The maximum Gasteiger partial charge on any atom is 0.280 e. The summed E-state index contributed by atoms with van der Waals surface area (Å²) in [5, 5.41) is 11.3. The summed E-state index contributed by atoms with van der Waals surface area (Å²) in [6, 6.07) is 1.35. The molecule has 2 aromatic rings. The number of hydrogen-bond acceptors (Lipinski definition) is 3. The second-order valence-electron chi connectivity index (χ2n) is 3.60. The van der Waals surface area contributed by atoms with E-state index in [0.29, 0.717) is 5.95 Å². The van der Waals surface area contributed by atoms with E-state index in [1.165, 1.54) is 18.6 Å². The fourth-order valence-corrected chi connectivity index (χ4v) is 1.40. The Morgan fingerprint density at radius 1 is 1.31 bits per heavy atom. The molecule has 5 nitrogen and oxygen atoms in total. The molecule has 0 radical (unpaired) electrons. The summed E-state index contributed by atoms with van der Waals surface area (Å²) in [5.41, 5.74) is -0.185. The molecule has 2 aromatic heterocycles. The van der Waals surface area contributed by atoms with Gasteiger partial charge in [0.05, 0.1) is 0 Å². The number of nitrogens with zero attached hydrogens (tertiary/aromatic N) is 5. The highest BCUT2D eigenvalue weighted by Crippen LogP contribution is 2.21. The maximum atomic E-state index is 12.7. The monoisotopic (exact) mass is 227 g/mol. The van der Waals surface area contributed by atoms with E-state index in [-0.39, 0.29) is 11.7 Å². The van der Waals surface area contributed by atoms with Gasteiger partial charge in [-0.15, -0.1) is 10.2 Å². The molecule has 0 spiro atoms. The van der Waals surface area contributed by atoms with Crippen LogP contribution < -0.4 is 0 Å². The van der Waals surface area contributed by atoms with E-state index < -0.39 is 6.43 Å². The first-order valence-electron chi connectivity index (χ1n) is 4.83. The van der Waals surface area contributed by atoms with Crippen LogP contribution in [0.2, 0.25) is 0 Å². The summed E-state index contributed by atoms with van der Waals surface area (Å²) >= 11 is 0. The van der Waals surface area contributed by atoms with Gasteiger partial charge in [0.2, 0.25) is 0 Å². The summed E-state index contributed by atoms with van der Waals surface area (Å²) < 4.78 is 28.1. The van der Waals surface area contributed by atoms with Gasteiger partial charge >= 0.3 is 0 Å². The van der Waals surface area contributed by atoms with Crippen molar-refractivity contribution in [2.75, 3.05) is 0 Å². The SMILES string of the molecule is CC(C)n1cnnc1-n1nccc1C(F)F. The summed E-state index contributed by atoms with van der Waals surface area (Å²) in [6.07, 6.45) is 0.234. The van der Waals surface area contributed by atoms with Crippen molar-refractivity contribution in [3.8, 4) is 5.95 Å². The average molecular weight is 227 g/mol. The molecule has 0 N–H and O–H groups in total. The van der Waals surface area contributed by atoms with Gasteiger partial charge in [-0.2, -0.15) is 9.78 Å². The zero-order chi connectivity index (χ0) is 11.7. The molecule has 0 saturated carbocycles. The number of hydrogen-bond donors (Lipinski definition) is 0. The van der Waals surface area contributed by atoms with Crippen molar-refractivity contribution < 1.29 is 8.78 Å². The lowest BCUT2D eigenvalue weighted by Crippen LogP contribution is -2.12. The van der Waals surface area contributed by atoms with Crippen LogP contribution in [0, 0.1) is 0 Å². The summed E-state index contributed by atoms with van der Waals surface area (Å²) in [6.45, 7) is 3.83. The van der Waals surface area contributed by atoms with Gasteiger partial charge in [0.25, 0.3) is 12.4 Å². The first kappa shape index (κ1) is 10.7. The van der Waals surface area contributed by atoms with E-state index >= 15 is 0 Å². The maximum absolute atomic E-state index is 12.7. The summed E-state index contributed by atoms with van der Waals surface area (Å²) in [4.78, 5) is 0. The van der Waals surface area contributed by atoms with E-state index in [1.807, 2.05) is 13.8 Å². The van der Waals surface area contributed by atoms with Crippen LogP contribution in [0.1, 0.15) is 32.0 Å². The van der Waals surface area contributed by atoms with Gasteiger partial charge < -0.3 is 0 Å². The van der Waals surface area contributed by atoms with Crippen LogP contribution in [-0.4, -0.2) is 24.5 Å². The van der Waals surface area contributed by atoms with E-state index in [0.717, 1.165) is 4.68 Å². The fraction of sp³-hybridized carbons (Fsp3) is 0.444. The molecule has 0 bridgehead atoms. The molecule has 2 heterocycles. The van der Waals surface area contributed by atoms with Crippen molar-refractivity contribution in [3.05, 3.63) is 24.3 Å². The molecule has 16 heavy (non-hydrogen) atoms. The van der Waals surface area contributed by atoms with Crippen molar-refractivity contribution in [1.29, 1.82) is 0 Å². The van der Waals surface area contributed by atoms with Gasteiger partial charge in [-0.3, -0.25) is 4.57 Å². The van der Waals surface area contributed by atoms with Crippen LogP contribution >= 0.6 is 0 Å². The minimum Gasteiger partial charge on any atom is -0.296 e. The van der Waals surface area contributed by atoms with Gasteiger partial charge in [0.1, 0.15) is 12.0 Å². The Hall–Kier alpha value is -1.79. The second-order valence-corrected chi connectivity index (χ2v) is 3.60. The van der Waals surface area contributed by atoms with Crippen LogP contribution in [-0.2, 0) is 0 Å². The number of halogens is 2. The molecule has 7 heteroatoms. The van der Waals surface area contributed by atoms with Crippen LogP contribution in [0.25, 0.3) is 5.95 Å². The summed E-state index contributed by atoms with van der Waals surface area (Å²) in [5.74, 6) is 0.301. The molecular formula is C9H11F2N5. The standard InChI is InChI=1S/C9H11F2N5/c1-6(2)15-5-12-14-9(15)16-7(8(10)11)3-4-13-16/h3-6,8H,1-2H3. The normalized spacial score (nSPS) is 11.6. The van der Waals surface area contributed by atoms with E-state index in [1.54, 1.807) is 4.57 Å². The summed E-state index contributed by atoms with van der Waals surface area (Å²) in [7, 11) is 0. The molecule has 0 unspecified atom stereocenters. The molecule has 0 fully saturated rings. The smallest absolute Gasteiger partial charge is 0.280 e. The molecule has 0 aromatic carbocycles. The van der Waals surface area contributed by atoms with Crippen LogP contribution in [0.4, 0.5) is 8.78 Å². The molecule has 0 aliphatic carbocycles. The zero-order valence-corrected chi connectivity index (χ0v) is 8.88. The van der Waals surface area contributed by atoms with Crippen LogP contribution in [0.5, 0.6) is 0 Å². The first-order valence-corrected chi connectivity index (χ1v) is 4.83. The van der Waals surface area contributed by atoms with Crippen LogP contribution in [0.3, 0.4) is 0 Å². The van der Waals surface area contributed by atoms with E-state index in [2.05, 4.69) is 15.3 Å². The lowest BCUT2D eigenvalue weighted by atomic mass is 10.4. The molecule has 0 saturated heterocycles. The third-order valence-electron chi connectivity index (χ3n) is 2.20. The number of alkyl halides is 2. The van der Waals surface area contributed by atoms with E-state index in [4.69, 9.17) is 0 Å². The first-order chi connectivity index (χ1) is 7.61. The highest BCUT2D eigenvalue weighted by atomic mass is 19.3. The van der Waals surface area contributed by atoms with Crippen molar-refractivity contribution in [2.45, 2.75) is 26.3 Å². The lowest BCUT2D eigenvalue weighted by molar-refractivity contribution is 0.142. The molecular weight excluding hydrogens is 216 g/mol. The highest BCUT2D eigenvalue weighted by Gasteiger charge is 2.18. The Kier molecular flexibility index (Phi) is 2.67. The number of aromatic nitrogens is 5. The third-order valence-corrected chi connectivity index (χ3v) is 2.20. The van der Waals surface area contributed by atoms with Gasteiger partial charge in [0, 0.05) is 12.2 Å². The predicted octanol–water partition coefficient (Wildman–Crippen LogP) is 1.98. The number of rotatable bonds is 3. The largest absolute Gasteiger partial charge is 0.296 e. The topological polar surface area (TPSA) is 48.5 Å². The Morgan fingerprint density at radius 3 is 2.69 bits per heavy atom. The predicted molar refractivity (Wildman–Crippen MR) is 52.5 cm³/mol. The van der Waals surface area contributed by atoms with Crippen LogP contribution in [0.15, 0.2) is 18.6 Å². The molecule has 0 atom stereocenters. The lowest BCUT2D eigenvalue weighted by Gasteiger charge is -2.11. The van der Waals surface area contributed by atoms with Gasteiger partial charge in [0.15, 0.2) is 0 Å². The average Bonchev–Trinajstić information content (AvgIpc) is 2.85. The molecule has 0 amide bonds. The van der Waals surface area contributed by atoms with Gasteiger partial charge in [-0.25, -0.2) is 8.78 Å². The van der Waals surface area contributed by atoms with Crippen molar-refractivity contribution in [3.63, 3.8) is 0 Å². The second kappa shape index (κ2) is 3.99. The van der Waals surface area contributed by atoms with E-state index in [9.17, 15) is 8.78 Å². The zero-order valence-electron chi connectivity index (χ0n) is 8.88. The van der Waals surface area contributed by atoms with Crippen molar-refractivity contribution >= 4 is 0 Å². The van der Waals surface area contributed by atoms with Crippen molar-refractivity contribution in [2.24, 2.45) is 0 Å². The molecule has 0 aliphatic heterocycles. The highest BCUT2D eigenvalue weighted by molar-refractivity contribution is 5.17. The van der Waals surface area contributed by atoms with Crippen molar-refractivity contribution in [1.82, 2.24) is 24.5 Å². The minimum atomic E-state index is -2.58. The molecule has 2 rings (SSSR count). The Morgan fingerprint density at radius 2 is 2.06 bits per heavy atom. The Labute approximate surface area is 90.7 Å². The Balaban J connectivity index is 2.50. The minimum absolute atomic E-state index is 0.0831. The molecule has 0 aliphatic rings. The molecule has 86 valence electrons. The van der Waals surface area contributed by atoms with Gasteiger partial charge in [-0.05, 0) is 19.9 Å². The quantitative estimate of drug-likeness (QED) is 0.805. The fourth-order valence-electron chi connectivity index (χ4n) is 1.40. The third kappa shape index (κ3) is 1.68. The van der Waals surface area contributed by atoms with Gasteiger partial charge in [-0.1, -0.05) is 0 Å². The Bertz CT molecular complexity index is 429.